The second-order valence-corrected chi connectivity index (χ2v) is 5.52. The maximum absolute atomic E-state index is 12.6. The van der Waals surface area contributed by atoms with Gasteiger partial charge in [0, 0.05) is 32.2 Å². The molecule has 0 saturated carbocycles. The molecule has 0 aromatic heterocycles. The number of hydrogen-bond acceptors (Lipinski definition) is 5. The first-order chi connectivity index (χ1) is 10.0. The number of Topliss-reactive ketones (excluding diaryl/α,β-unsaturated/α-hetero) is 1. The second kappa shape index (κ2) is 6.91. The van der Waals surface area contributed by atoms with E-state index in [4.69, 9.17) is 9.47 Å². The van der Waals surface area contributed by atoms with Crippen molar-refractivity contribution in [2.24, 2.45) is 0 Å². The van der Waals surface area contributed by atoms with Crippen molar-refractivity contribution in [3.63, 3.8) is 0 Å². The number of ether oxygens (including phenoxy) is 2. The van der Waals surface area contributed by atoms with E-state index in [-0.39, 0.29) is 5.78 Å². The van der Waals surface area contributed by atoms with E-state index < -0.39 is 0 Å². The summed E-state index contributed by atoms with van der Waals surface area (Å²) in [4.78, 5) is 17.1. The Bertz CT molecular complexity index is 508. The van der Waals surface area contributed by atoms with Crippen LogP contribution in [0.1, 0.15) is 15.9 Å². The molecule has 1 saturated heterocycles. The number of likely N-dealkylation sites (N-methyl/N-ethyl adjacent to an activating group) is 1. The van der Waals surface area contributed by atoms with Crippen LogP contribution in [-0.4, -0.2) is 69.6 Å². The summed E-state index contributed by atoms with van der Waals surface area (Å²) in [6, 6.07) is 3.64. The van der Waals surface area contributed by atoms with Crippen LogP contribution in [-0.2, 0) is 0 Å². The van der Waals surface area contributed by atoms with Gasteiger partial charge in [0.25, 0.3) is 0 Å². The molecule has 1 aromatic rings. The average Bonchev–Trinajstić information content (AvgIpc) is 2.48. The van der Waals surface area contributed by atoms with Gasteiger partial charge >= 0.3 is 0 Å². The molecule has 0 radical (unpaired) electrons. The summed E-state index contributed by atoms with van der Waals surface area (Å²) in [6.07, 6.45) is 0. The maximum Gasteiger partial charge on any atom is 0.180 e. The van der Waals surface area contributed by atoms with E-state index in [9.17, 15) is 4.79 Å². The number of nitrogens with zero attached hydrogens (tertiary/aromatic N) is 2. The molecule has 0 spiro atoms. The molecule has 1 aliphatic rings. The molecule has 0 bridgehead atoms. The molecule has 0 aliphatic carbocycles. The number of hydrogen-bond donors (Lipinski definition) is 0. The highest BCUT2D eigenvalue weighted by Gasteiger charge is 2.21. The maximum atomic E-state index is 12.6. The van der Waals surface area contributed by atoms with Crippen LogP contribution in [0.2, 0.25) is 0 Å². The van der Waals surface area contributed by atoms with Gasteiger partial charge in [-0.3, -0.25) is 9.69 Å². The van der Waals surface area contributed by atoms with Crippen molar-refractivity contribution < 1.29 is 14.3 Å². The Morgan fingerprint density at radius 1 is 1.14 bits per heavy atom. The van der Waals surface area contributed by atoms with E-state index >= 15 is 0 Å². The molecule has 1 heterocycles. The number of benzene rings is 1. The highest BCUT2D eigenvalue weighted by Crippen LogP contribution is 2.29. The third kappa shape index (κ3) is 3.74. The highest BCUT2D eigenvalue weighted by molar-refractivity contribution is 6.01. The number of methoxy groups -OCH3 is 2. The Kier molecular flexibility index (Phi) is 5.20. The SMILES string of the molecule is COc1cc(C)c(C(=O)CN2CCN(C)CC2)c(OC)c1. The van der Waals surface area contributed by atoms with Crippen molar-refractivity contribution >= 4 is 5.78 Å². The number of aryl methyl sites for hydroxylation is 1. The first kappa shape index (κ1) is 15.8. The predicted octanol–water partition coefficient (Wildman–Crippen LogP) is 1.44. The molecule has 21 heavy (non-hydrogen) atoms. The van der Waals surface area contributed by atoms with Crippen LogP contribution < -0.4 is 9.47 Å². The van der Waals surface area contributed by atoms with Crippen LogP contribution >= 0.6 is 0 Å². The molecule has 1 aliphatic heterocycles. The lowest BCUT2D eigenvalue weighted by atomic mass is 10.0. The lowest BCUT2D eigenvalue weighted by Crippen LogP contribution is -2.46. The molecule has 116 valence electrons. The summed E-state index contributed by atoms with van der Waals surface area (Å²) in [7, 11) is 5.30. The molecule has 0 amide bonds. The Morgan fingerprint density at radius 2 is 1.81 bits per heavy atom. The fourth-order valence-corrected chi connectivity index (χ4v) is 2.65. The van der Waals surface area contributed by atoms with Crippen LogP contribution in [0.4, 0.5) is 0 Å². The fourth-order valence-electron chi connectivity index (χ4n) is 2.65. The van der Waals surface area contributed by atoms with E-state index in [2.05, 4.69) is 16.8 Å². The smallest absolute Gasteiger partial charge is 0.180 e. The third-order valence-corrected chi connectivity index (χ3v) is 3.97. The van der Waals surface area contributed by atoms with E-state index in [1.54, 1.807) is 20.3 Å². The van der Waals surface area contributed by atoms with Gasteiger partial charge in [-0.25, -0.2) is 0 Å². The van der Waals surface area contributed by atoms with Crippen molar-refractivity contribution in [2.45, 2.75) is 6.92 Å². The van der Waals surface area contributed by atoms with Gasteiger partial charge in [0.15, 0.2) is 5.78 Å². The number of rotatable bonds is 5. The van der Waals surface area contributed by atoms with Crippen molar-refractivity contribution in [1.82, 2.24) is 9.80 Å². The molecule has 1 fully saturated rings. The zero-order valence-corrected chi connectivity index (χ0v) is 13.3. The van der Waals surface area contributed by atoms with Crippen LogP contribution in [0, 0.1) is 6.92 Å². The zero-order valence-electron chi connectivity index (χ0n) is 13.3. The largest absolute Gasteiger partial charge is 0.497 e. The first-order valence-electron chi connectivity index (χ1n) is 7.22. The Labute approximate surface area is 126 Å². The van der Waals surface area contributed by atoms with Gasteiger partial charge in [-0.2, -0.15) is 0 Å². The number of ketones is 1. The lowest BCUT2D eigenvalue weighted by Gasteiger charge is -2.32. The van der Waals surface area contributed by atoms with Crippen molar-refractivity contribution in [1.29, 1.82) is 0 Å². The quantitative estimate of drug-likeness (QED) is 0.768. The van der Waals surface area contributed by atoms with Crippen molar-refractivity contribution in [3.05, 3.63) is 23.3 Å². The van der Waals surface area contributed by atoms with E-state index in [0.29, 0.717) is 23.6 Å². The highest BCUT2D eigenvalue weighted by atomic mass is 16.5. The van der Waals surface area contributed by atoms with E-state index in [1.165, 1.54) is 0 Å². The molecule has 0 N–H and O–H groups in total. The molecule has 5 nitrogen and oxygen atoms in total. The van der Waals surface area contributed by atoms with Gasteiger partial charge in [-0.1, -0.05) is 0 Å². The minimum Gasteiger partial charge on any atom is -0.497 e. The van der Waals surface area contributed by atoms with Gasteiger partial charge in [-0.15, -0.1) is 0 Å². The molecule has 0 atom stereocenters. The average molecular weight is 292 g/mol. The summed E-state index contributed by atoms with van der Waals surface area (Å²) >= 11 is 0. The van der Waals surface area contributed by atoms with Gasteiger partial charge in [-0.05, 0) is 25.6 Å². The molecule has 2 rings (SSSR count). The van der Waals surface area contributed by atoms with Crippen LogP contribution in [0.15, 0.2) is 12.1 Å². The summed E-state index contributed by atoms with van der Waals surface area (Å²) < 4.78 is 10.6. The molecular formula is C16H24N2O3. The Hall–Kier alpha value is -1.59. The zero-order chi connectivity index (χ0) is 15.4. The van der Waals surface area contributed by atoms with E-state index in [1.807, 2.05) is 13.0 Å². The van der Waals surface area contributed by atoms with Crippen molar-refractivity contribution in [3.8, 4) is 11.5 Å². The van der Waals surface area contributed by atoms with Crippen molar-refractivity contribution in [2.75, 3.05) is 54.0 Å². The van der Waals surface area contributed by atoms with Gasteiger partial charge in [0.1, 0.15) is 11.5 Å². The Morgan fingerprint density at radius 3 is 2.38 bits per heavy atom. The third-order valence-electron chi connectivity index (χ3n) is 3.97. The van der Waals surface area contributed by atoms with E-state index in [0.717, 1.165) is 31.7 Å². The number of piperazine rings is 1. The molecule has 5 heteroatoms. The summed E-state index contributed by atoms with van der Waals surface area (Å²) in [5.41, 5.74) is 1.56. The first-order valence-corrected chi connectivity index (χ1v) is 7.22. The lowest BCUT2D eigenvalue weighted by molar-refractivity contribution is 0.0873. The molecule has 0 unspecified atom stereocenters. The Balaban J connectivity index is 2.15. The monoisotopic (exact) mass is 292 g/mol. The van der Waals surface area contributed by atoms with Gasteiger partial charge < -0.3 is 14.4 Å². The second-order valence-electron chi connectivity index (χ2n) is 5.52. The summed E-state index contributed by atoms with van der Waals surface area (Å²) in [5.74, 6) is 1.41. The predicted molar refractivity (Wildman–Crippen MR) is 82.6 cm³/mol. The van der Waals surface area contributed by atoms with Crippen LogP contribution in [0.25, 0.3) is 0 Å². The topological polar surface area (TPSA) is 42.0 Å². The fraction of sp³-hybridized carbons (Fsp3) is 0.562. The van der Waals surface area contributed by atoms with Crippen LogP contribution in [0.3, 0.4) is 0 Å². The minimum absolute atomic E-state index is 0.108. The number of carbonyl (C=O) groups excluding carboxylic acids is 1. The number of carbonyl (C=O) groups is 1. The molecular weight excluding hydrogens is 268 g/mol. The van der Waals surface area contributed by atoms with Crippen LogP contribution in [0.5, 0.6) is 11.5 Å². The normalized spacial score (nSPS) is 16.8. The molecule has 1 aromatic carbocycles. The van der Waals surface area contributed by atoms with Gasteiger partial charge in [0.05, 0.1) is 26.3 Å². The van der Waals surface area contributed by atoms with Gasteiger partial charge in [0.2, 0.25) is 0 Å². The summed E-state index contributed by atoms with van der Waals surface area (Å²) in [5, 5.41) is 0. The standard InChI is InChI=1S/C16H24N2O3/c1-12-9-13(20-3)10-15(21-4)16(12)14(19)11-18-7-5-17(2)6-8-18/h9-10H,5-8,11H2,1-4H3. The minimum atomic E-state index is 0.108. The summed E-state index contributed by atoms with van der Waals surface area (Å²) in [6.45, 7) is 6.23.